The Morgan fingerprint density at radius 3 is 2.92 bits per heavy atom. The lowest BCUT2D eigenvalue weighted by Gasteiger charge is -2.00. The maximum Gasteiger partial charge on any atom is 0.295 e. The van der Waals surface area contributed by atoms with Gasteiger partial charge in [-0.05, 0) is 25.0 Å². The number of thioether (sulfide) groups is 1. The van der Waals surface area contributed by atoms with Crippen molar-refractivity contribution in [2.45, 2.75) is 13.3 Å². The zero-order valence-corrected chi connectivity index (χ0v) is 8.62. The van der Waals surface area contributed by atoms with Crippen LogP contribution in [-0.4, -0.2) is 35.7 Å². The van der Waals surface area contributed by atoms with E-state index in [4.69, 9.17) is 5.11 Å². The van der Waals surface area contributed by atoms with Gasteiger partial charge in [-0.25, -0.2) is 0 Å². The van der Waals surface area contributed by atoms with E-state index in [0.29, 0.717) is 6.54 Å². The molecule has 0 radical (unpaired) electrons. The highest BCUT2D eigenvalue weighted by molar-refractivity contribution is 7.99. The highest BCUT2D eigenvalue weighted by atomic mass is 32.2. The first-order valence-corrected chi connectivity index (χ1v) is 5.36. The van der Waals surface area contributed by atoms with E-state index in [-0.39, 0.29) is 12.5 Å². The average molecular weight is 201 g/mol. The first kappa shape index (κ1) is 12.3. The molecule has 1 amide bonds. The normalized spacial score (nSPS) is 8.77. The van der Waals surface area contributed by atoms with Crippen LogP contribution in [0.1, 0.15) is 13.3 Å². The van der Waals surface area contributed by atoms with Gasteiger partial charge in [0.2, 0.25) is 0 Å². The van der Waals surface area contributed by atoms with Crippen LogP contribution in [0, 0.1) is 11.8 Å². The van der Waals surface area contributed by atoms with Gasteiger partial charge in [0.15, 0.2) is 0 Å². The number of hydrogen-bond donors (Lipinski definition) is 2. The van der Waals surface area contributed by atoms with Crippen molar-refractivity contribution in [2.24, 2.45) is 0 Å². The molecule has 0 saturated heterocycles. The zero-order valence-electron chi connectivity index (χ0n) is 7.80. The lowest BCUT2D eigenvalue weighted by molar-refractivity contribution is -0.115. The van der Waals surface area contributed by atoms with Crippen LogP contribution < -0.4 is 5.32 Å². The third-order valence-corrected chi connectivity index (χ3v) is 2.29. The quantitative estimate of drug-likeness (QED) is 0.478. The number of hydrogen-bond acceptors (Lipinski definition) is 3. The Hall–Kier alpha value is -0.660. The molecule has 0 aliphatic heterocycles. The second-order valence-corrected chi connectivity index (χ2v) is 3.55. The monoisotopic (exact) mass is 201 g/mol. The summed E-state index contributed by atoms with van der Waals surface area (Å²) in [6.45, 7) is 2.51. The minimum Gasteiger partial charge on any atom is -0.396 e. The van der Waals surface area contributed by atoms with Crippen LogP contribution in [0.5, 0.6) is 0 Å². The number of nitrogens with one attached hydrogen (secondary N) is 1. The largest absolute Gasteiger partial charge is 0.396 e. The zero-order chi connectivity index (χ0) is 9.94. The summed E-state index contributed by atoms with van der Waals surface area (Å²) in [5.41, 5.74) is 0. The number of carbonyl (C=O) groups is 1. The summed E-state index contributed by atoms with van der Waals surface area (Å²) in [5, 5.41) is 11.1. The molecular formula is C9H15NO2S. The Kier molecular flexibility index (Phi) is 8.95. The van der Waals surface area contributed by atoms with Crippen LogP contribution in [0.4, 0.5) is 0 Å². The molecule has 3 nitrogen and oxygen atoms in total. The van der Waals surface area contributed by atoms with E-state index in [1.54, 1.807) is 18.7 Å². The van der Waals surface area contributed by atoms with Crippen LogP contribution in [0.15, 0.2) is 0 Å². The molecular weight excluding hydrogens is 186 g/mol. The van der Waals surface area contributed by atoms with Gasteiger partial charge >= 0.3 is 0 Å². The summed E-state index contributed by atoms with van der Waals surface area (Å²) in [4.78, 5) is 10.8. The van der Waals surface area contributed by atoms with Crippen molar-refractivity contribution in [1.29, 1.82) is 0 Å². The number of amides is 1. The first-order chi connectivity index (χ1) is 6.31. The van der Waals surface area contributed by atoms with E-state index >= 15 is 0 Å². The maximum atomic E-state index is 10.8. The first-order valence-electron chi connectivity index (χ1n) is 4.20. The topological polar surface area (TPSA) is 49.3 Å². The lowest BCUT2D eigenvalue weighted by Crippen LogP contribution is -2.24. The SMILES string of the molecule is CC#CC(=O)NCCSCCCO. The van der Waals surface area contributed by atoms with Crippen LogP contribution in [-0.2, 0) is 4.79 Å². The lowest BCUT2D eigenvalue weighted by atomic mass is 10.5. The van der Waals surface area contributed by atoms with Crippen molar-refractivity contribution in [1.82, 2.24) is 5.32 Å². The molecule has 0 aromatic rings. The van der Waals surface area contributed by atoms with E-state index in [0.717, 1.165) is 17.9 Å². The molecule has 4 heteroatoms. The highest BCUT2D eigenvalue weighted by Gasteiger charge is 1.93. The molecule has 0 aliphatic carbocycles. The third-order valence-electron chi connectivity index (χ3n) is 1.22. The second kappa shape index (κ2) is 9.43. The van der Waals surface area contributed by atoms with E-state index in [1.165, 1.54) is 0 Å². The minimum absolute atomic E-state index is 0.217. The van der Waals surface area contributed by atoms with Crippen molar-refractivity contribution >= 4 is 17.7 Å². The summed E-state index contributed by atoms with van der Waals surface area (Å²) in [5.74, 6) is 6.52. The average Bonchev–Trinajstić information content (AvgIpc) is 2.11. The fraction of sp³-hybridized carbons (Fsp3) is 0.667. The molecule has 0 aromatic heterocycles. The van der Waals surface area contributed by atoms with E-state index in [1.807, 2.05) is 0 Å². The molecule has 0 unspecified atom stereocenters. The predicted octanol–water partition coefficient (Wildman–Crippen LogP) is 0.242. The van der Waals surface area contributed by atoms with Gasteiger partial charge in [0.1, 0.15) is 0 Å². The van der Waals surface area contributed by atoms with Gasteiger partial charge in [-0.2, -0.15) is 11.8 Å². The van der Waals surface area contributed by atoms with E-state index < -0.39 is 0 Å². The maximum absolute atomic E-state index is 10.8. The van der Waals surface area contributed by atoms with Crippen LogP contribution >= 0.6 is 11.8 Å². The standard InChI is InChI=1S/C9H15NO2S/c1-2-4-9(12)10-5-8-13-7-3-6-11/h11H,3,5-8H2,1H3,(H,10,12). The summed E-state index contributed by atoms with van der Waals surface area (Å²) in [7, 11) is 0. The molecule has 0 spiro atoms. The van der Waals surface area contributed by atoms with Crippen LogP contribution in [0.2, 0.25) is 0 Å². The fourth-order valence-corrected chi connectivity index (χ4v) is 1.45. The number of aliphatic hydroxyl groups is 1. The Bertz CT molecular complexity index is 196. The molecule has 13 heavy (non-hydrogen) atoms. The van der Waals surface area contributed by atoms with E-state index in [9.17, 15) is 4.79 Å². The number of rotatable bonds is 6. The third kappa shape index (κ3) is 9.25. The summed E-state index contributed by atoms with van der Waals surface area (Å²) < 4.78 is 0. The van der Waals surface area contributed by atoms with Crippen molar-refractivity contribution in [3.8, 4) is 11.8 Å². The molecule has 0 heterocycles. The smallest absolute Gasteiger partial charge is 0.295 e. The van der Waals surface area contributed by atoms with Gasteiger partial charge < -0.3 is 10.4 Å². The molecule has 0 aromatic carbocycles. The van der Waals surface area contributed by atoms with Gasteiger partial charge in [-0.3, -0.25) is 4.79 Å². The molecule has 2 N–H and O–H groups in total. The molecule has 0 aliphatic rings. The Balaban J connectivity index is 3.14. The Morgan fingerprint density at radius 2 is 2.31 bits per heavy atom. The van der Waals surface area contributed by atoms with Gasteiger partial charge in [0.05, 0.1) is 0 Å². The highest BCUT2D eigenvalue weighted by Crippen LogP contribution is 1.99. The minimum atomic E-state index is -0.217. The molecule has 0 bridgehead atoms. The van der Waals surface area contributed by atoms with Gasteiger partial charge in [-0.1, -0.05) is 5.92 Å². The summed E-state index contributed by atoms with van der Waals surface area (Å²) in [6.07, 6.45) is 0.813. The Labute approximate surface area is 83.3 Å². The number of carbonyl (C=O) groups excluding carboxylic acids is 1. The van der Waals surface area contributed by atoms with Gasteiger partial charge in [0.25, 0.3) is 5.91 Å². The van der Waals surface area contributed by atoms with Crippen molar-refractivity contribution in [3.63, 3.8) is 0 Å². The van der Waals surface area contributed by atoms with Crippen molar-refractivity contribution < 1.29 is 9.90 Å². The molecule has 0 saturated carbocycles. The number of aliphatic hydroxyl groups excluding tert-OH is 1. The summed E-state index contributed by atoms with van der Waals surface area (Å²) >= 11 is 1.71. The fourth-order valence-electron chi connectivity index (χ4n) is 0.663. The van der Waals surface area contributed by atoms with E-state index in [2.05, 4.69) is 17.2 Å². The molecule has 0 fully saturated rings. The summed E-state index contributed by atoms with van der Waals surface area (Å²) in [6, 6.07) is 0. The van der Waals surface area contributed by atoms with Crippen LogP contribution in [0.3, 0.4) is 0 Å². The molecule has 0 atom stereocenters. The van der Waals surface area contributed by atoms with Gasteiger partial charge in [0, 0.05) is 18.9 Å². The van der Waals surface area contributed by atoms with Crippen LogP contribution in [0.25, 0.3) is 0 Å². The van der Waals surface area contributed by atoms with Gasteiger partial charge in [-0.15, -0.1) is 0 Å². The second-order valence-electron chi connectivity index (χ2n) is 2.32. The Morgan fingerprint density at radius 1 is 1.54 bits per heavy atom. The van der Waals surface area contributed by atoms with Crippen molar-refractivity contribution in [2.75, 3.05) is 24.7 Å². The van der Waals surface area contributed by atoms with Crippen molar-refractivity contribution in [3.05, 3.63) is 0 Å². The molecule has 74 valence electrons. The predicted molar refractivity (Wildman–Crippen MR) is 55.5 cm³/mol. The molecule has 0 rings (SSSR count).